The van der Waals surface area contributed by atoms with Crippen LogP contribution in [0, 0.1) is 17.3 Å². The number of sulfonamides is 1. The Morgan fingerprint density at radius 3 is 2.34 bits per heavy atom. The van der Waals surface area contributed by atoms with E-state index in [0.717, 1.165) is 37.7 Å². The molecule has 0 amide bonds. The highest BCUT2D eigenvalue weighted by atomic mass is 32.2. The van der Waals surface area contributed by atoms with Crippen LogP contribution in [0.3, 0.4) is 0 Å². The Morgan fingerprint density at radius 2 is 1.72 bits per heavy atom. The fraction of sp³-hybridized carbons (Fsp3) is 0.556. The Balaban J connectivity index is 1.62. The van der Waals surface area contributed by atoms with Crippen LogP contribution >= 0.6 is 0 Å². The molecule has 0 spiro atoms. The Hall–Kier alpha value is -1.69. The Kier molecular flexibility index (Phi) is 6.54. The van der Waals surface area contributed by atoms with Crippen LogP contribution in [0.15, 0.2) is 59.5 Å². The third-order valence-corrected chi connectivity index (χ3v) is 9.63. The maximum Gasteiger partial charge on any atom is 0.243 e. The first-order valence-corrected chi connectivity index (χ1v) is 13.3. The second kappa shape index (κ2) is 8.92. The van der Waals surface area contributed by atoms with E-state index in [-0.39, 0.29) is 17.4 Å². The van der Waals surface area contributed by atoms with Crippen molar-refractivity contribution in [1.29, 1.82) is 0 Å². The minimum absolute atomic E-state index is 0.00821. The van der Waals surface area contributed by atoms with Crippen LogP contribution in [-0.4, -0.2) is 37.5 Å². The van der Waals surface area contributed by atoms with E-state index in [1.54, 1.807) is 16.4 Å². The minimum atomic E-state index is -3.54. The van der Waals surface area contributed by atoms with Gasteiger partial charge in [-0.2, -0.15) is 4.31 Å². The number of aliphatic hydroxyl groups is 1. The zero-order valence-corrected chi connectivity index (χ0v) is 20.4. The van der Waals surface area contributed by atoms with E-state index in [0.29, 0.717) is 29.8 Å². The van der Waals surface area contributed by atoms with Gasteiger partial charge in [0.15, 0.2) is 0 Å². The van der Waals surface area contributed by atoms with Crippen molar-refractivity contribution in [3.05, 3.63) is 65.7 Å². The van der Waals surface area contributed by atoms with Gasteiger partial charge in [-0.1, -0.05) is 63.2 Å². The molecule has 5 heteroatoms. The Bertz CT molecular complexity index is 1010. The lowest BCUT2D eigenvalue weighted by molar-refractivity contribution is -0.00736. The number of rotatable bonds is 5. The number of piperidine rings is 1. The van der Waals surface area contributed by atoms with Crippen molar-refractivity contribution in [2.24, 2.45) is 17.3 Å². The molecule has 1 saturated heterocycles. The van der Waals surface area contributed by atoms with Crippen molar-refractivity contribution in [2.75, 3.05) is 19.7 Å². The highest BCUT2D eigenvalue weighted by Crippen LogP contribution is 2.51. The summed E-state index contributed by atoms with van der Waals surface area (Å²) in [6.45, 7) is 7.77. The van der Waals surface area contributed by atoms with E-state index in [2.05, 4.69) is 45.0 Å². The van der Waals surface area contributed by atoms with E-state index in [1.807, 2.05) is 18.2 Å². The SMILES string of the molecule is CC(C)(C)c1ccc(S(=O)(=O)N2CCC3CC(CO)CCC3(Cc3ccccc3)C2)cc1. The lowest BCUT2D eigenvalue weighted by Crippen LogP contribution is -2.54. The molecule has 1 aliphatic carbocycles. The monoisotopic (exact) mass is 455 g/mol. The first-order valence-electron chi connectivity index (χ1n) is 11.9. The van der Waals surface area contributed by atoms with Crippen LogP contribution in [0.25, 0.3) is 0 Å². The first-order chi connectivity index (χ1) is 15.1. The molecule has 1 aliphatic heterocycles. The molecule has 174 valence electrons. The molecule has 4 rings (SSSR count). The fourth-order valence-corrected chi connectivity index (χ4v) is 7.32. The maximum atomic E-state index is 13.6. The van der Waals surface area contributed by atoms with Crippen LogP contribution in [0.1, 0.15) is 57.6 Å². The van der Waals surface area contributed by atoms with Gasteiger partial charge in [-0.05, 0) is 78.0 Å². The summed E-state index contributed by atoms with van der Waals surface area (Å²) in [5.41, 5.74) is 2.34. The van der Waals surface area contributed by atoms with Gasteiger partial charge in [0.2, 0.25) is 10.0 Å². The average molecular weight is 456 g/mol. The van der Waals surface area contributed by atoms with Crippen molar-refractivity contribution in [2.45, 2.75) is 63.2 Å². The predicted molar refractivity (Wildman–Crippen MR) is 129 cm³/mol. The Morgan fingerprint density at radius 1 is 1.03 bits per heavy atom. The molecule has 2 aliphatic rings. The number of aliphatic hydroxyl groups excluding tert-OH is 1. The van der Waals surface area contributed by atoms with E-state index >= 15 is 0 Å². The van der Waals surface area contributed by atoms with Crippen molar-refractivity contribution >= 4 is 10.0 Å². The van der Waals surface area contributed by atoms with E-state index in [9.17, 15) is 13.5 Å². The van der Waals surface area contributed by atoms with Gasteiger partial charge in [-0.3, -0.25) is 0 Å². The number of benzene rings is 2. The molecule has 3 unspecified atom stereocenters. The summed E-state index contributed by atoms with van der Waals surface area (Å²) < 4.78 is 29.0. The molecular weight excluding hydrogens is 418 g/mol. The predicted octanol–water partition coefficient (Wildman–Crippen LogP) is 5.02. The third-order valence-electron chi connectivity index (χ3n) is 7.77. The highest BCUT2D eigenvalue weighted by molar-refractivity contribution is 7.89. The second-order valence-corrected chi connectivity index (χ2v) is 12.9. The number of nitrogens with zero attached hydrogens (tertiary/aromatic N) is 1. The van der Waals surface area contributed by atoms with Crippen LogP contribution in [0.5, 0.6) is 0 Å². The van der Waals surface area contributed by atoms with Crippen molar-refractivity contribution in [1.82, 2.24) is 4.31 Å². The fourth-order valence-electron chi connectivity index (χ4n) is 5.77. The molecule has 0 bridgehead atoms. The molecule has 1 N–H and O–H groups in total. The summed E-state index contributed by atoms with van der Waals surface area (Å²) >= 11 is 0. The van der Waals surface area contributed by atoms with E-state index < -0.39 is 10.0 Å². The zero-order chi connectivity index (χ0) is 23.0. The van der Waals surface area contributed by atoms with E-state index in [1.165, 1.54) is 5.56 Å². The molecule has 32 heavy (non-hydrogen) atoms. The lowest BCUT2D eigenvalue weighted by atomic mass is 9.58. The van der Waals surface area contributed by atoms with Gasteiger partial charge < -0.3 is 5.11 Å². The average Bonchev–Trinajstić information content (AvgIpc) is 2.78. The molecule has 0 radical (unpaired) electrons. The molecule has 2 aromatic rings. The molecular formula is C27H37NO3S. The molecule has 2 fully saturated rings. The van der Waals surface area contributed by atoms with Gasteiger partial charge >= 0.3 is 0 Å². The van der Waals surface area contributed by atoms with Gasteiger partial charge in [0, 0.05) is 19.7 Å². The Labute approximate surface area is 193 Å². The van der Waals surface area contributed by atoms with Gasteiger partial charge in [0.05, 0.1) is 4.90 Å². The minimum Gasteiger partial charge on any atom is -0.396 e. The summed E-state index contributed by atoms with van der Waals surface area (Å²) in [5.74, 6) is 0.792. The summed E-state index contributed by atoms with van der Waals surface area (Å²) in [6.07, 6.45) is 4.69. The topological polar surface area (TPSA) is 57.6 Å². The standard InChI is InChI=1S/C27H37NO3S/c1-26(2,3)23-9-11-25(12-10-23)32(30,31)28-16-14-24-17-22(19-29)13-15-27(24,20-28)18-21-7-5-4-6-8-21/h4-12,22,24,29H,13-20H2,1-3H3. The highest BCUT2D eigenvalue weighted by Gasteiger charge is 2.49. The normalized spacial score (nSPS) is 27.1. The van der Waals surface area contributed by atoms with Crippen molar-refractivity contribution < 1.29 is 13.5 Å². The molecule has 0 aromatic heterocycles. The second-order valence-electron chi connectivity index (χ2n) is 10.9. The molecule has 3 atom stereocenters. The molecule has 1 heterocycles. The zero-order valence-electron chi connectivity index (χ0n) is 19.6. The molecule has 2 aromatic carbocycles. The quantitative estimate of drug-likeness (QED) is 0.689. The van der Waals surface area contributed by atoms with E-state index in [4.69, 9.17) is 0 Å². The lowest BCUT2D eigenvalue weighted by Gasteiger charge is -2.52. The van der Waals surface area contributed by atoms with Crippen LogP contribution in [0.4, 0.5) is 0 Å². The molecule has 4 nitrogen and oxygen atoms in total. The number of fused-ring (bicyclic) bond motifs is 1. The van der Waals surface area contributed by atoms with Gasteiger partial charge in [-0.25, -0.2) is 8.42 Å². The van der Waals surface area contributed by atoms with Crippen molar-refractivity contribution in [3.8, 4) is 0 Å². The van der Waals surface area contributed by atoms with Crippen LogP contribution < -0.4 is 0 Å². The van der Waals surface area contributed by atoms with Gasteiger partial charge in [0.25, 0.3) is 0 Å². The van der Waals surface area contributed by atoms with Gasteiger partial charge in [-0.15, -0.1) is 0 Å². The maximum absolute atomic E-state index is 13.6. The molecule has 1 saturated carbocycles. The largest absolute Gasteiger partial charge is 0.396 e. The third kappa shape index (κ3) is 4.66. The summed E-state index contributed by atoms with van der Waals surface area (Å²) in [4.78, 5) is 0.392. The first kappa shape index (κ1) is 23.5. The number of hydrogen-bond acceptors (Lipinski definition) is 3. The summed E-state index contributed by atoms with van der Waals surface area (Å²) in [7, 11) is -3.54. The van der Waals surface area contributed by atoms with Crippen LogP contribution in [-0.2, 0) is 21.9 Å². The van der Waals surface area contributed by atoms with Crippen LogP contribution in [0.2, 0.25) is 0 Å². The van der Waals surface area contributed by atoms with Gasteiger partial charge in [0.1, 0.15) is 0 Å². The summed E-state index contributed by atoms with van der Waals surface area (Å²) in [6, 6.07) is 17.9. The number of hydrogen-bond donors (Lipinski definition) is 1. The smallest absolute Gasteiger partial charge is 0.243 e. The van der Waals surface area contributed by atoms with Crippen molar-refractivity contribution in [3.63, 3.8) is 0 Å². The summed E-state index contributed by atoms with van der Waals surface area (Å²) in [5, 5.41) is 9.76.